The van der Waals surface area contributed by atoms with E-state index in [9.17, 15) is 9.90 Å². The number of aliphatic hydroxyl groups excluding tert-OH is 1. The van der Waals surface area contributed by atoms with Crippen molar-refractivity contribution in [2.75, 3.05) is 17.2 Å². The van der Waals surface area contributed by atoms with Gasteiger partial charge in [-0.15, -0.1) is 0 Å². The number of aliphatic hydroxyl groups is 1. The van der Waals surface area contributed by atoms with E-state index in [-0.39, 0.29) is 12.5 Å². The van der Waals surface area contributed by atoms with Gasteiger partial charge in [-0.2, -0.15) is 0 Å². The van der Waals surface area contributed by atoms with Crippen LogP contribution in [0.5, 0.6) is 0 Å². The molecule has 20 heavy (non-hydrogen) atoms. The van der Waals surface area contributed by atoms with Crippen LogP contribution in [0, 0.1) is 0 Å². The summed E-state index contributed by atoms with van der Waals surface area (Å²) in [6, 6.07) is 3.64. The molecule has 1 heterocycles. The Morgan fingerprint density at radius 3 is 2.80 bits per heavy atom. The first-order chi connectivity index (χ1) is 9.47. The molecule has 108 valence electrons. The Morgan fingerprint density at radius 1 is 1.40 bits per heavy atom. The van der Waals surface area contributed by atoms with Crippen LogP contribution in [0.25, 0.3) is 6.08 Å². The number of fused-ring (bicyclic) bond motifs is 1. The number of ether oxygens (including phenoxy) is 1. The summed E-state index contributed by atoms with van der Waals surface area (Å²) >= 11 is 0. The zero-order valence-corrected chi connectivity index (χ0v) is 12.0. The van der Waals surface area contributed by atoms with Crippen LogP contribution in [0.3, 0.4) is 0 Å². The van der Waals surface area contributed by atoms with Crippen LogP contribution in [-0.2, 0) is 16.1 Å². The van der Waals surface area contributed by atoms with Crippen molar-refractivity contribution in [3.05, 3.63) is 29.5 Å². The molecule has 0 fully saturated rings. The number of nitrogens with one attached hydrogen (secondary N) is 2. The quantitative estimate of drug-likeness (QED) is 0.738. The Morgan fingerprint density at radius 2 is 2.15 bits per heavy atom. The van der Waals surface area contributed by atoms with Crippen molar-refractivity contribution in [1.82, 2.24) is 0 Å². The van der Waals surface area contributed by atoms with E-state index in [0.717, 1.165) is 16.8 Å². The zero-order chi connectivity index (χ0) is 14.8. The van der Waals surface area contributed by atoms with Gasteiger partial charge in [0.2, 0.25) is 5.91 Å². The average molecular weight is 276 g/mol. The Bertz CT molecular complexity index is 550. The van der Waals surface area contributed by atoms with Crippen molar-refractivity contribution in [2.24, 2.45) is 0 Å². The SMILES string of the molecule is CCO/C=C/c1cc(CO)cc2c1NC(C)(C)C(=O)N2. The molecule has 0 radical (unpaired) electrons. The third-order valence-electron chi connectivity index (χ3n) is 3.18. The van der Waals surface area contributed by atoms with Gasteiger partial charge in [0, 0.05) is 5.56 Å². The summed E-state index contributed by atoms with van der Waals surface area (Å²) in [5.41, 5.74) is 2.44. The first-order valence-electron chi connectivity index (χ1n) is 6.63. The molecule has 1 aliphatic rings. The summed E-state index contributed by atoms with van der Waals surface area (Å²) in [6.07, 6.45) is 3.43. The minimum Gasteiger partial charge on any atom is -0.501 e. The predicted octanol–water partition coefficient (Wildman–Crippen LogP) is 2.33. The molecule has 1 aromatic rings. The van der Waals surface area contributed by atoms with Crippen molar-refractivity contribution < 1.29 is 14.6 Å². The molecule has 5 heteroatoms. The predicted molar refractivity (Wildman–Crippen MR) is 79.4 cm³/mol. The maximum absolute atomic E-state index is 12.0. The number of anilines is 2. The van der Waals surface area contributed by atoms with Crippen LogP contribution in [0.4, 0.5) is 11.4 Å². The molecule has 5 nitrogen and oxygen atoms in total. The highest BCUT2D eigenvalue weighted by molar-refractivity contribution is 6.07. The normalized spacial score (nSPS) is 16.5. The molecule has 2 rings (SSSR count). The standard InChI is InChI=1S/C15H20N2O3/c1-4-20-6-5-11-7-10(9-18)8-12-13(11)17-15(2,3)14(19)16-12/h5-8,17-18H,4,9H2,1-3H3,(H,16,19)/b6-5+. The van der Waals surface area contributed by atoms with E-state index in [4.69, 9.17) is 4.74 Å². The smallest absolute Gasteiger partial charge is 0.249 e. The minimum absolute atomic E-state index is 0.0813. The molecule has 0 aromatic heterocycles. The second-order valence-electron chi connectivity index (χ2n) is 5.23. The Hall–Kier alpha value is -2.01. The van der Waals surface area contributed by atoms with Crippen LogP contribution in [0.15, 0.2) is 18.4 Å². The fourth-order valence-electron chi connectivity index (χ4n) is 2.05. The molecular formula is C15H20N2O3. The zero-order valence-electron chi connectivity index (χ0n) is 12.0. The second-order valence-corrected chi connectivity index (χ2v) is 5.23. The molecule has 0 saturated heterocycles. The molecule has 1 aliphatic heterocycles. The molecule has 0 unspecified atom stereocenters. The van der Waals surface area contributed by atoms with E-state index in [1.807, 2.05) is 32.9 Å². The second kappa shape index (κ2) is 5.54. The number of hydrogen-bond donors (Lipinski definition) is 3. The summed E-state index contributed by atoms with van der Waals surface area (Å²) < 4.78 is 5.22. The topological polar surface area (TPSA) is 70.6 Å². The molecule has 0 aliphatic carbocycles. The first kappa shape index (κ1) is 14.4. The molecule has 0 spiro atoms. The number of hydrogen-bond acceptors (Lipinski definition) is 4. The van der Waals surface area contributed by atoms with Gasteiger partial charge in [0.25, 0.3) is 0 Å². The van der Waals surface area contributed by atoms with Crippen LogP contribution in [0.1, 0.15) is 31.9 Å². The summed E-state index contributed by atoms with van der Waals surface area (Å²) in [7, 11) is 0. The van der Waals surface area contributed by atoms with Crippen LogP contribution in [0.2, 0.25) is 0 Å². The van der Waals surface area contributed by atoms with E-state index < -0.39 is 5.54 Å². The van der Waals surface area contributed by atoms with Gasteiger partial charge in [-0.1, -0.05) is 0 Å². The van der Waals surface area contributed by atoms with Gasteiger partial charge in [-0.25, -0.2) is 0 Å². The Balaban J connectivity index is 2.46. The van der Waals surface area contributed by atoms with E-state index in [2.05, 4.69) is 10.6 Å². The van der Waals surface area contributed by atoms with Crippen molar-refractivity contribution in [3.63, 3.8) is 0 Å². The highest BCUT2D eigenvalue weighted by atomic mass is 16.5. The van der Waals surface area contributed by atoms with Gasteiger partial charge in [0.1, 0.15) is 5.54 Å². The molecule has 1 aromatic carbocycles. The minimum atomic E-state index is -0.679. The molecule has 0 atom stereocenters. The number of carbonyl (C=O) groups excluding carboxylic acids is 1. The molecular weight excluding hydrogens is 256 g/mol. The lowest BCUT2D eigenvalue weighted by Gasteiger charge is -2.34. The highest BCUT2D eigenvalue weighted by Gasteiger charge is 2.33. The van der Waals surface area contributed by atoms with Crippen LogP contribution in [-0.4, -0.2) is 23.2 Å². The summed E-state index contributed by atoms with van der Waals surface area (Å²) in [5.74, 6) is -0.0974. The molecule has 0 saturated carbocycles. The average Bonchev–Trinajstić information content (AvgIpc) is 2.40. The van der Waals surface area contributed by atoms with Gasteiger partial charge in [0.15, 0.2) is 0 Å². The van der Waals surface area contributed by atoms with Crippen LogP contribution >= 0.6 is 0 Å². The number of benzene rings is 1. The number of carbonyl (C=O) groups is 1. The van der Waals surface area contributed by atoms with Gasteiger partial charge in [0.05, 0.1) is 30.9 Å². The van der Waals surface area contributed by atoms with Gasteiger partial charge >= 0.3 is 0 Å². The van der Waals surface area contributed by atoms with Crippen molar-refractivity contribution in [1.29, 1.82) is 0 Å². The third-order valence-corrected chi connectivity index (χ3v) is 3.18. The van der Waals surface area contributed by atoms with Gasteiger partial charge in [-0.3, -0.25) is 4.79 Å². The molecule has 0 bridgehead atoms. The van der Waals surface area contributed by atoms with Gasteiger partial charge in [-0.05, 0) is 44.5 Å². The van der Waals surface area contributed by atoms with Crippen LogP contribution < -0.4 is 10.6 Å². The summed E-state index contributed by atoms with van der Waals surface area (Å²) in [4.78, 5) is 12.0. The van der Waals surface area contributed by atoms with Gasteiger partial charge < -0.3 is 20.5 Å². The molecule has 1 amide bonds. The van der Waals surface area contributed by atoms with E-state index in [0.29, 0.717) is 12.3 Å². The largest absolute Gasteiger partial charge is 0.501 e. The maximum atomic E-state index is 12.0. The monoisotopic (exact) mass is 276 g/mol. The van der Waals surface area contributed by atoms with Crippen molar-refractivity contribution in [3.8, 4) is 0 Å². The Labute approximate surface area is 118 Å². The lowest BCUT2D eigenvalue weighted by atomic mass is 9.96. The maximum Gasteiger partial charge on any atom is 0.249 e. The summed E-state index contributed by atoms with van der Waals surface area (Å²) in [6.45, 7) is 6.06. The fraction of sp³-hybridized carbons (Fsp3) is 0.400. The first-order valence-corrected chi connectivity index (χ1v) is 6.63. The highest BCUT2D eigenvalue weighted by Crippen LogP contribution is 2.35. The van der Waals surface area contributed by atoms with E-state index >= 15 is 0 Å². The fourth-order valence-corrected chi connectivity index (χ4v) is 2.05. The Kier molecular flexibility index (Phi) is 3.99. The lowest BCUT2D eigenvalue weighted by molar-refractivity contribution is -0.119. The number of amides is 1. The number of rotatable bonds is 4. The molecule has 3 N–H and O–H groups in total. The van der Waals surface area contributed by atoms with E-state index in [1.165, 1.54) is 0 Å². The van der Waals surface area contributed by atoms with Crippen molar-refractivity contribution in [2.45, 2.75) is 32.9 Å². The third kappa shape index (κ3) is 2.77. The van der Waals surface area contributed by atoms with Crippen molar-refractivity contribution >= 4 is 23.4 Å². The van der Waals surface area contributed by atoms with E-state index in [1.54, 1.807) is 12.3 Å². The summed E-state index contributed by atoms with van der Waals surface area (Å²) in [5, 5.41) is 15.4. The lowest BCUT2D eigenvalue weighted by Crippen LogP contribution is -2.47.